The molecule has 0 fully saturated rings. The van der Waals surface area contributed by atoms with Gasteiger partial charge in [-0.25, -0.2) is 0 Å². The summed E-state index contributed by atoms with van der Waals surface area (Å²) in [5.74, 6) is 0.192. The minimum absolute atomic E-state index is 0.102. The number of hydrogen-bond acceptors (Lipinski definition) is 6. The van der Waals surface area contributed by atoms with Crippen LogP contribution in [0.1, 0.15) is 10.6 Å². The van der Waals surface area contributed by atoms with Gasteiger partial charge in [0, 0.05) is 11.6 Å². The summed E-state index contributed by atoms with van der Waals surface area (Å²) >= 11 is 0. The summed E-state index contributed by atoms with van der Waals surface area (Å²) in [5.41, 5.74) is 2.73. The molecule has 0 unspecified atom stereocenters. The molecule has 0 aliphatic heterocycles. The molecule has 0 aliphatic rings. The van der Waals surface area contributed by atoms with Crippen molar-refractivity contribution in [2.75, 3.05) is 12.4 Å². The molecular formula is C19H15N5O3. The Bertz CT molecular complexity index is 1060. The molecule has 1 amide bonds. The number of ether oxygens (including phenoxy) is 1. The van der Waals surface area contributed by atoms with Gasteiger partial charge in [0.2, 0.25) is 5.76 Å². The first kappa shape index (κ1) is 16.5. The Labute approximate surface area is 154 Å². The number of hydrogen-bond donors (Lipinski definition) is 1. The fourth-order valence-electron chi connectivity index (χ4n) is 2.60. The van der Waals surface area contributed by atoms with E-state index in [0.29, 0.717) is 17.1 Å². The van der Waals surface area contributed by atoms with Crippen LogP contribution in [0.3, 0.4) is 0 Å². The quantitative estimate of drug-likeness (QED) is 0.587. The number of nitrogens with zero attached hydrogens (tertiary/aromatic N) is 4. The lowest BCUT2D eigenvalue weighted by molar-refractivity contribution is 0.0987. The smallest absolute Gasteiger partial charge is 0.294 e. The number of anilines is 1. The third-order valence-corrected chi connectivity index (χ3v) is 3.95. The summed E-state index contributed by atoms with van der Waals surface area (Å²) in [7, 11) is 1.53. The minimum atomic E-state index is -0.427. The molecule has 0 aliphatic carbocycles. The third kappa shape index (κ3) is 3.40. The minimum Gasteiger partial charge on any atom is -0.495 e. The van der Waals surface area contributed by atoms with E-state index in [0.717, 1.165) is 11.3 Å². The summed E-state index contributed by atoms with van der Waals surface area (Å²) in [4.78, 5) is 12.6. The van der Waals surface area contributed by atoms with Crippen LogP contribution >= 0.6 is 0 Å². The lowest BCUT2D eigenvalue weighted by Crippen LogP contribution is -2.12. The number of carbonyl (C=O) groups excluding carboxylic acids is 1. The molecule has 8 heteroatoms. The SMILES string of the molecule is COc1ccc(-n2cnnc2)cc1NC(=O)c1cc(-c2ccccc2)no1. The Morgan fingerprint density at radius 1 is 1.07 bits per heavy atom. The zero-order valence-corrected chi connectivity index (χ0v) is 14.4. The normalized spacial score (nSPS) is 10.6. The van der Waals surface area contributed by atoms with Crippen LogP contribution in [-0.4, -0.2) is 32.9 Å². The van der Waals surface area contributed by atoms with Crippen molar-refractivity contribution in [3.8, 4) is 22.7 Å². The molecule has 0 saturated carbocycles. The van der Waals surface area contributed by atoms with Gasteiger partial charge in [-0.15, -0.1) is 10.2 Å². The van der Waals surface area contributed by atoms with Crippen LogP contribution in [0.2, 0.25) is 0 Å². The van der Waals surface area contributed by atoms with Gasteiger partial charge >= 0.3 is 0 Å². The molecule has 2 aromatic carbocycles. The average Bonchev–Trinajstić information content (AvgIpc) is 3.41. The molecule has 2 heterocycles. The van der Waals surface area contributed by atoms with Crippen LogP contribution < -0.4 is 10.1 Å². The highest BCUT2D eigenvalue weighted by atomic mass is 16.5. The van der Waals surface area contributed by atoms with Crippen LogP contribution in [0.15, 0.2) is 71.8 Å². The molecule has 0 atom stereocenters. The predicted octanol–water partition coefficient (Wildman–Crippen LogP) is 3.18. The highest BCUT2D eigenvalue weighted by Gasteiger charge is 2.16. The van der Waals surface area contributed by atoms with E-state index in [4.69, 9.17) is 9.26 Å². The molecule has 8 nitrogen and oxygen atoms in total. The molecule has 134 valence electrons. The molecule has 0 saturated heterocycles. The lowest BCUT2D eigenvalue weighted by atomic mass is 10.1. The maximum absolute atomic E-state index is 12.6. The number of amides is 1. The first-order valence-electron chi connectivity index (χ1n) is 8.11. The second-order valence-electron chi connectivity index (χ2n) is 5.65. The van der Waals surface area contributed by atoms with E-state index in [1.54, 1.807) is 35.4 Å². The van der Waals surface area contributed by atoms with Crippen LogP contribution in [0.4, 0.5) is 5.69 Å². The van der Waals surface area contributed by atoms with E-state index in [2.05, 4.69) is 20.7 Å². The van der Waals surface area contributed by atoms with Crippen molar-refractivity contribution in [2.24, 2.45) is 0 Å². The number of carbonyl (C=O) groups is 1. The predicted molar refractivity (Wildman–Crippen MR) is 97.8 cm³/mol. The molecule has 27 heavy (non-hydrogen) atoms. The summed E-state index contributed by atoms with van der Waals surface area (Å²) in [6.07, 6.45) is 3.13. The highest BCUT2D eigenvalue weighted by Crippen LogP contribution is 2.28. The van der Waals surface area contributed by atoms with Crippen molar-refractivity contribution in [2.45, 2.75) is 0 Å². The molecule has 4 aromatic rings. The van der Waals surface area contributed by atoms with Gasteiger partial charge in [0.1, 0.15) is 24.1 Å². The first-order valence-corrected chi connectivity index (χ1v) is 8.11. The number of benzene rings is 2. The topological polar surface area (TPSA) is 95.1 Å². The van der Waals surface area contributed by atoms with E-state index in [-0.39, 0.29) is 5.76 Å². The second-order valence-corrected chi connectivity index (χ2v) is 5.65. The number of nitrogens with one attached hydrogen (secondary N) is 1. The van der Waals surface area contributed by atoms with E-state index >= 15 is 0 Å². The van der Waals surface area contributed by atoms with Crippen molar-refractivity contribution < 1.29 is 14.1 Å². The zero-order chi connectivity index (χ0) is 18.6. The Balaban J connectivity index is 1.59. The zero-order valence-electron chi connectivity index (χ0n) is 14.4. The Hall–Kier alpha value is -3.94. The van der Waals surface area contributed by atoms with Gasteiger partial charge in [-0.3, -0.25) is 9.36 Å². The van der Waals surface area contributed by atoms with E-state index < -0.39 is 5.91 Å². The van der Waals surface area contributed by atoms with Gasteiger partial charge < -0.3 is 14.6 Å². The number of methoxy groups -OCH3 is 1. The van der Waals surface area contributed by atoms with E-state index in [1.165, 1.54) is 7.11 Å². The second kappa shape index (κ2) is 7.12. The van der Waals surface area contributed by atoms with Crippen molar-refractivity contribution in [1.29, 1.82) is 0 Å². The molecule has 0 bridgehead atoms. The standard InChI is InChI=1S/C19H15N5O3/c1-26-17-8-7-14(24-11-20-21-12-24)9-16(17)22-19(25)18-10-15(23-27-18)13-5-3-2-4-6-13/h2-12H,1H3,(H,22,25). The molecule has 4 rings (SSSR count). The Morgan fingerprint density at radius 2 is 1.85 bits per heavy atom. The molecule has 0 radical (unpaired) electrons. The van der Waals surface area contributed by atoms with Gasteiger partial charge in [-0.1, -0.05) is 35.5 Å². The highest BCUT2D eigenvalue weighted by molar-refractivity contribution is 6.03. The fraction of sp³-hybridized carbons (Fsp3) is 0.0526. The lowest BCUT2D eigenvalue weighted by Gasteiger charge is -2.11. The Kier molecular flexibility index (Phi) is 4.36. The van der Waals surface area contributed by atoms with E-state index in [9.17, 15) is 4.79 Å². The van der Waals surface area contributed by atoms with Gasteiger partial charge in [0.25, 0.3) is 5.91 Å². The average molecular weight is 361 g/mol. The molecule has 0 spiro atoms. The van der Waals surface area contributed by atoms with Crippen LogP contribution in [0, 0.1) is 0 Å². The molecule has 2 aromatic heterocycles. The molecular weight excluding hydrogens is 346 g/mol. The summed E-state index contributed by atoms with van der Waals surface area (Å²) in [6, 6.07) is 16.4. The summed E-state index contributed by atoms with van der Waals surface area (Å²) in [6.45, 7) is 0. The molecule has 1 N–H and O–H groups in total. The number of aromatic nitrogens is 4. The largest absolute Gasteiger partial charge is 0.495 e. The van der Waals surface area contributed by atoms with Crippen molar-refractivity contribution in [1.82, 2.24) is 19.9 Å². The number of rotatable bonds is 5. The van der Waals surface area contributed by atoms with Gasteiger partial charge in [-0.05, 0) is 18.2 Å². The summed E-state index contributed by atoms with van der Waals surface area (Å²) in [5, 5.41) is 14.3. The van der Waals surface area contributed by atoms with Gasteiger partial charge in [0.15, 0.2) is 0 Å². The van der Waals surface area contributed by atoms with Gasteiger partial charge in [-0.2, -0.15) is 0 Å². The van der Waals surface area contributed by atoms with Crippen LogP contribution in [0.5, 0.6) is 5.75 Å². The van der Waals surface area contributed by atoms with E-state index in [1.807, 2.05) is 36.4 Å². The van der Waals surface area contributed by atoms with Gasteiger partial charge in [0.05, 0.1) is 18.5 Å². The van der Waals surface area contributed by atoms with Crippen molar-refractivity contribution in [3.05, 3.63) is 73.0 Å². The third-order valence-electron chi connectivity index (χ3n) is 3.95. The Morgan fingerprint density at radius 3 is 2.59 bits per heavy atom. The fourth-order valence-corrected chi connectivity index (χ4v) is 2.60. The summed E-state index contributed by atoms with van der Waals surface area (Å²) < 4.78 is 12.2. The first-order chi connectivity index (χ1) is 13.2. The van der Waals surface area contributed by atoms with Crippen molar-refractivity contribution >= 4 is 11.6 Å². The van der Waals surface area contributed by atoms with Crippen molar-refractivity contribution in [3.63, 3.8) is 0 Å². The van der Waals surface area contributed by atoms with Crippen LogP contribution in [0.25, 0.3) is 16.9 Å². The van der Waals surface area contributed by atoms with Crippen LogP contribution in [-0.2, 0) is 0 Å². The maximum atomic E-state index is 12.6. The maximum Gasteiger partial charge on any atom is 0.294 e. The monoisotopic (exact) mass is 361 g/mol.